The van der Waals surface area contributed by atoms with E-state index in [0.29, 0.717) is 26.1 Å². The van der Waals surface area contributed by atoms with Gasteiger partial charge in [0.2, 0.25) is 0 Å². The average molecular weight is 357 g/mol. The molecule has 1 heterocycles. The number of rotatable bonds is 6. The number of hydrogen-bond donors (Lipinski definition) is 0. The number of likely N-dealkylation sites (tertiary alicyclic amines) is 1. The highest BCUT2D eigenvalue weighted by molar-refractivity contribution is 5.75. The van der Waals surface area contributed by atoms with E-state index in [4.69, 9.17) is 14.2 Å². The first-order valence-electron chi connectivity index (χ1n) is 9.00. The Morgan fingerprint density at radius 1 is 0.920 bits per heavy atom. The topological polar surface area (TPSA) is 82.1 Å². The second-order valence-corrected chi connectivity index (χ2v) is 7.14. The molecule has 2 unspecified atom stereocenters. The summed E-state index contributed by atoms with van der Waals surface area (Å²) in [5.41, 5.74) is -0.655. The number of hydrogen-bond acceptors (Lipinski definition) is 6. The lowest BCUT2D eigenvalue weighted by molar-refractivity contribution is -0.146. The van der Waals surface area contributed by atoms with Crippen LogP contribution in [0.2, 0.25) is 0 Å². The smallest absolute Gasteiger partial charge is 0.410 e. The van der Waals surface area contributed by atoms with Crippen LogP contribution in [0.1, 0.15) is 66.7 Å². The number of carbonyl (C=O) groups excluding carboxylic acids is 3. The molecule has 0 aromatic heterocycles. The molecule has 1 fully saturated rings. The molecule has 1 rings (SSSR count). The van der Waals surface area contributed by atoms with Crippen LogP contribution in [-0.4, -0.2) is 53.8 Å². The van der Waals surface area contributed by atoms with Crippen LogP contribution < -0.4 is 0 Å². The van der Waals surface area contributed by atoms with Crippen molar-refractivity contribution < 1.29 is 28.6 Å². The molecule has 1 aliphatic rings. The third-order valence-electron chi connectivity index (χ3n) is 3.88. The van der Waals surface area contributed by atoms with Gasteiger partial charge in [0.1, 0.15) is 5.60 Å². The SMILES string of the molecule is CCOC(=O)CC1CCCC(CC(=O)OCC)N1C(=O)OC(C)(C)C. The standard InChI is InChI=1S/C18H31NO6/c1-6-23-15(20)11-13-9-8-10-14(12-16(21)24-7-2)19(13)17(22)25-18(3,4)5/h13-14H,6-12H2,1-5H3. The summed E-state index contributed by atoms with van der Waals surface area (Å²) < 4.78 is 15.5. The molecule has 0 saturated carbocycles. The van der Waals surface area contributed by atoms with Gasteiger partial charge in [0, 0.05) is 12.1 Å². The summed E-state index contributed by atoms with van der Waals surface area (Å²) in [6, 6.07) is -0.663. The van der Waals surface area contributed by atoms with Crippen LogP contribution in [-0.2, 0) is 23.8 Å². The van der Waals surface area contributed by atoms with Crippen LogP contribution in [0.3, 0.4) is 0 Å². The van der Waals surface area contributed by atoms with Crippen LogP contribution in [0.5, 0.6) is 0 Å². The quantitative estimate of drug-likeness (QED) is 0.537. The molecule has 7 nitrogen and oxygen atoms in total. The van der Waals surface area contributed by atoms with Gasteiger partial charge in [-0.05, 0) is 53.9 Å². The number of amides is 1. The lowest BCUT2D eigenvalue weighted by atomic mass is 9.92. The van der Waals surface area contributed by atoms with Crippen molar-refractivity contribution in [1.82, 2.24) is 4.90 Å². The van der Waals surface area contributed by atoms with E-state index in [0.717, 1.165) is 6.42 Å². The molecule has 7 heteroatoms. The summed E-state index contributed by atoms with van der Waals surface area (Å²) in [6.45, 7) is 9.44. The van der Waals surface area contributed by atoms with E-state index in [1.54, 1.807) is 39.5 Å². The molecule has 2 atom stereocenters. The van der Waals surface area contributed by atoms with Crippen molar-refractivity contribution >= 4 is 18.0 Å². The maximum absolute atomic E-state index is 12.7. The predicted octanol–water partition coefficient (Wildman–Crippen LogP) is 3.05. The molecule has 0 spiro atoms. The number of piperidine rings is 1. The van der Waals surface area contributed by atoms with Gasteiger partial charge in [-0.15, -0.1) is 0 Å². The minimum Gasteiger partial charge on any atom is -0.466 e. The highest BCUT2D eigenvalue weighted by Crippen LogP contribution is 2.29. The lowest BCUT2D eigenvalue weighted by Crippen LogP contribution is -2.53. The number of nitrogens with zero attached hydrogens (tertiary/aromatic N) is 1. The fourth-order valence-corrected chi connectivity index (χ4v) is 3.00. The Morgan fingerprint density at radius 3 is 1.72 bits per heavy atom. The highest BCUT2D eigenvalue weighted by Gasteiger charge is 2.39. The Kier molecular flexibility index (Phi) is 8.19. The minimum absolute atomic E-state index is 0.104. The van der Waals surface area contributed by atoms with Gasteiger partial charge in [0.15, 0.2) is 0 Å². The molecule has 1 amide bonds. The molecule has 0 bridgehead atoms. The van der Waals surface area contributed by atoms with Crippen LogP contribution in [0.15, 0.2) is 0 Å². The summed E-state index contributed by atoms with van der Waals surface area (Å²) in [5.74, 6) is -0.698. The number of esters is 2. The van der Waals surface area contributed by atoms with Crippen molar-refractivity contribution in [2.75, 3.05) is 13.2 Å². The predicted molar refractivity (Wildman–Crippen MR) is 92.0 cm³/mol. The summed E-state index contributed by atoms with van der Waals surface area (Å²) in [5, 5.41) is 0. The first-order valence-corrected chi connectivity index (χ1v) is 9.00. The van der Waals surface area contributed by atoms with Gasteiger partial charge >= 0.3 is 18.0 Å². The van der Waals surface area contributed by atoms with E-state index in [-0.39, 0.29) is 36.9 Å². The number of ether oxygens (including phenoxy) is 3. The van der Waals surface area contributed by atoms with Crippen molar-refractivity contribution in [3.63, 3.8) is 0 Å². The maximum Gasteiger partial charge on any atom is 0.410 e. The number of carbonyl (C=O) groups is 3. The molecule has 0 aromatic carbocycles. The Balaban J connectivity index is 2.94. The van der Waals surface area contributed by atoms with Crippen LogP contribution in [0.25, 0.3) is 0 Å². The van der Waals surface area contributed by atoms with E-state index < -0.39 is 11.7 Å². The zero-order valence-corrected chi connectivity index (χ0v) is 16.0. The largest absolute Gasteiger partial charge is 0.466 e. The Hall–Kier alpha value is -1.79. The van der Waals surface area contributed by atoms with Crippen LogP contribution >= 0.6 is 0 Å². The zero-order chi connectivity index (χ0) is 19.0. The molecule has 0 radical (unpaired) electrons. The van der Waals surface area contributed by atoms with Crippen LogP contribution in [0, 0.1) is 0 Å². The summed E-state index contributed by atoms with van der Waals surface area (Å²) in [7, 11) is 0. The van der Waals surface area contributed by atoms with Crippen molar-refractivity contribution in [3.05, 3.63) is 0 Å². The van der Waals surface area contributed by atoms with Gasteiger partial charge in [-0.25, -0.2) is 4.79 Å². The third-order valence-corrected chi connectivity index (χ3v) is 3.88. The van der Waals surface area contributed by atoms with Gasteiger partial charge in [-0.3, -0.25) is 9.59 Å². The maximum atomic E-state index is 12.7. The Labute approximate surface area is 150 Å². The van der Waals surface area contributed by atoms with E-state index in [9.17, 15) is 14.4 Å². The van der Waals surface area contributed by atoms with Crippen molar-refractivity contribution in [2.45, 2.75) is 84.4 Å². The monoisotopic (exact) mass is 357 g/mol. The second kappa shape index (κ2) is 9.63. The van der Waals surface area contributed by atoms with Gasteiger partial charge in [0.25, 0.3) is 0 Å². The van der Waals surface area contributed by atoms with E-state index in [1.165, 1.54) is 0 Å². The molecular formula is C18H31NO6. The van der Waals surface area contributed by atoms with E-state index in [1.807, 2.05) is 0 Å². The molecule has 25 heavy (non-hydrogen) atoms. The van der Waals surface area contributed by atoms with Gasteiger partial charge in [0.05, 0.1) is 26.1 Å². The summed E-state index contributed by atoms with van der Waals surface area (Å²) in [6.07, 6.45) is 1.89. The molecule has 144 valence electrons. The van der Waals surface area contributed by atoms with Crippen LogP contribution in [0.4, 0.5) is 4.79 Å². The first-order chi connectivity index (χ1) is 11.7. The average Bonchev–Trinajstić information content (AvgIpc) is 2.45. The molecule has 1 saturated heterocycles. The molecule has 0 N–H and O–H groups in total. The summed E-state index contributed by atoms with van der Waals surface area (Å²) in [4.78, 5) is 38.1. The Morgan fingerprint density at radius 2 is 1.36 bits per heavy atom. The van der Waals surface area contributed by atoms with Crippen molar-refractivity contribution in [3.8, 4) is 0 Å². The molecular weight excluding hydrogens is 326 g/mol. The lowest BCUT2D eigenvalue weighted by Gasteiger charge is -2.41. The highest BCUT2D eigenvalue weighted by atomic mass is 16.6. The van der Waals surface area contributed by atoms with Crippen molar-refractivity contribution in [1.29, 1.82) is 0 Å². The summed E-state index contributed by atoms with van der Waals surface area (Å²) >= 11 is 0. The molecule has 0 aromatic rings. The van der Waals surface area contributed by atoms with Gasteiger partial charge in [-0.1, -0.05) is 0 Å². The minimum atomic E-state index is -0.655. The normalized spacial score (nSPS) is 20.8. The van der Waals surface area contributed by atoms with Crippen molar-refractivity contribution in [2.24, 2.45) is 0 Å². The van der Waals surface area contributed by atoms with Gasteiger partial charge < -0.3 is 19.1 Å². The third kappa shape index (κ3) is 7.32. The zero-order valence-electron chi connectivity index (χ0n) is 16.0. The van der Waals surface area contributed by atoms with E-state index >= 15 is 0 Å². The van der Waals surface area contributed by atoms with E-state index in [2.05, 4.69) is 0 Å². The molecule has 0 aliphatic carbocycles. The Bertz CT molecular complexity index is 443. The molecule has 1 aliphatic heterocycles. The first kappa shape index (κ1) is 21.3. The fraction of sp³-hybridized carbons (Fsp3) is 0.833. The fourth-order valence-electron chi connectivity index (χ4n) is 3.00. The van der Waals surface area contributed by atoms with Gasteiger partial charge in [-0.2, -0.15) is 0 Å². The second-order valence-electron chi connectivity index (χ2n) is 7.14.